The minimum atomic E-state index is -0.255. The Balaban J connectivity index is 1.55. The van der Waals surface area contributed by atoms with Gasteiger partial charge in [-0.2, -0.15) is 0 Å². The normalized spacial score (nSPS) is 24.2. The molecule has 1 aromatic rings. The summed E-state index contributed by atoms with van der Waals surface area (Å²) < 4.78 is 11.4. The second-order valence-electron chi connectivity index (χ2n) is 4.91. The van der Waals surface area contributed by atoms with E-state index in [0.717, 1.165) is 44.6 Å². The van der Waals surface area contributed by atoms with Crippen molar-refractivity contribution in [3.63, 3.8) is 0 Å². The lowest BCUT2D eigenvalue weighted by Crippen LogP contribution is -2.34. The number of aromatic nitrogens is 1. The van der Waals surface area contributed by atoms with Crippen molar-refractivity contribution in [3.8, 4) is 0 Å². The summed E-state index contributed by atoms with van der Waals surface area (Å²) in [6.07, 6.45) is 8.57. The Bertz CT molecular complexity index is 428. The highest BCUT2D eigenvalue weighted by molar-refractivity contribution is 7.13. The quantitative estimate of drug-likeness (QED) is 0.894. The first-order valence-corrected chi connectivity index (χ1v) is 7.31. The number of nitrogen functional groups attached to an aromatic ring is 1. The van der Waals surface area contributed by atoms with E-state index in [0.29, 0.717) is 11.0 Å². The molecule has 18 heavy (non-hydrogen) atoms. The van der Waals surface area contributed by atoms with Gasteiger partial charge in [-0.3, -0.25) is 0 Å². The third-order valence-electron chi connectivity index (χ3n) is 3.68. The van der Waals surface area contributed by atoms with E-state index < -0.39 is 0 Å². The van der Waals surface area contributed by atoms with Crippen LogP contribution in [0.15, 0.2) is 11.5 Å². The molecule has 0 aromatic carbocycles. The number of ether oxygens (including phenoxy) is 2. The lowest BCUT2D eigenvalue weighted by Gasteiger charge is -2.34. The van der Waals surface area contributed by atoms with Crippen LogP contribution >= 0.6 is 11.3 Å². The molecule has 0 bridgehead atoms. The summed E-state index contributed by atoms with van der Waals surface area (Å²) in [5.74, 6) is 0.349. The summed E-state index contributed by atoms with van der Waals surface area (Å²) in [5.41, 5.74) is 6.57. The van der Waals surface area contributed by atoms with Crippen molar-refractivity contribution in [1.82, 2.24) is 4.98 Å². The molecule has 0 atom stereocenters. The van der Waals surface area contributed by atoms with Crippen molar-refractivity contribution in [2.24, 2.45) is 5.92 Å². The summed E-state index contributed by atoms with van der Waals surface area (Å²) in [4.78, 5) is 4.23. The molecule has 98 valence electrons. The Morgan fingerprint density at radius 2 is 2.06 bits per heavy atom. The maximum atomic E-state index is 5.72. The van der Waals surface area contributed by atoms with Crippen LogP contribution < -0.4 is 5.73 Å². The fraction of sp³-hybridized carbons (Fsp3) is 0.615. The molecule has 2 aliphatic rings. The molecule has 0 amide bonds. The third kappa shape index (κ3) is 2.58. The number of nitrogens with two attached hydrogens (primary N) is 1. The van der Waals surface area contributed by atoms with E-state index >= 15 is 0 Å². The van der Waals surface area contributed by atoms with Gasteiger partial charge in [0.1, 0.15) is 0 Å². The van der Waals surface area contributed by atoms with Gasteiger partial charge in [-0.05, 0) is 24.8 Å². The second-order valence-corrected chi connectivity index (χ2v) is 5.80. The van der Waals surface area contributed by atoms with Crippen molar-refractivity contribution < 1.29 is 9.47 Å². The van der Waals surface area contributed by atoms with E-state index in [-0.39, 0.29) is 5.79 Å². The van der Waals surface area contributed by atoms with Gasteiger partial charge in [-0.15, -0.1) is 11.3 Å². The average molecular weight is 266 g/mol. The highest BCUT2D eigenvalue weighted by Crippen LogP contribution is 2.38. The summed E-state index contributed by atoms with van der Waals surface area (Å²) in [6.45, 7) is 1.50. The topological polar surface area (TPSA) is 57.4 Å². The average Bonchev–Trinajstić information content (AvgIpc) is 2.99. The van der Waals surface area contributed by atoms with Crippen LogP contribution in [0.25, 0.3) is 6.08 Å². The molecule has 0 unspecified atom stereocenters. The monoisotopic (exact) mass is 266 g/mol. The lowest BCUT2D eigenvalue weighted by molar-refractivity contribution is -0.180. The van der Waals surface area contributed by atoms with E-state index in [4.69, 9.17) is 15.2 Å². The number of anilines is 1. The minimum Gasteiger partial charge on any atom is -0.375 e. The molecule has 1 spiro atoms. The van der Waals surface area contributed by atoms with Crippen LogP contribution in [0.3, 0.4) is 0 Å². The second kappa shape index (κ2) is 4.99. The van der Waals surface area contributed by atoms with Crippen LogP contribution in [-0.2, 0) is 9.47 Å². The maximum Gasteiger partial charge on any atom is 0.180 e. The van der Waals surface area contributed by atoms with E-state index in [1.165, 1.54) is 11.3 Å². The first-order valence-electron chi connectivity index (χ1n) is 6.43. The van der Waals surface area contributed by atoms with Crippen molar-refractivity contribution in [1.29, 1.82) is 0 Å². The third-order valence-corrected chi connectivity index (χ3v) is 4.38. The van der Waals surface area contributed by atoms with Gasteiger partial charge in [0.05, 0.1) is 18.9 Å². The van der Waals surface area contributed by atoms with Gasteiger partial charge in [0.15, 0.2) is 10.9 Å². The Kier molecular flexibility index (Phi) is 3.37. The largest absolute Gasteiger partial charge is 0.375 e. The van der Waals surface area contributed by atoms with Gasteiger partial charge < -0.3 is 15.2 Å². The molecular formula is C13H18N2O2S. The molecule has 2 heterocycles. The minimum absolute atomic E-state index is 0.255. The molecule has 5 heteroatoms. The number of hydrogen-bond acceptors (Lipinski definition) is 5. The molecule has 2 fully saturated rings. The molecule has 1 saturated carbocycles. The molecule has 1 saturated heterocycles. The highest BCUT2D eigenvalue weighted by atomic mass is 32.1. The van der Waals surface area contributed by atoms with Gasteiger partial charge in [0.25, 0.3) is 0 Å². The van der Waals surface area contributed by atoms with E-state index in [1.54, 1.807) is 0 Å². The number of rotatable bonds is 2. The van der Waals surface area contributed by atoms with Crippen LogP contribution in [0.4, 0.5) is 5.13 Å². The van der Waals surface area contributed by atoms with Crippen LogP contribution in [0, 0.1) is 5.92 Å². The molecular weight excluding hydrogens is 248 g/mol. The first-order chi connectivity index (χ1) is 8.76. The van der Waals surface area contributed by atoms with Crippen molar-refractivity contribution in [2.75, 3.05) is 18.9 Å². The molecule has 2 N–H and O–H groups in total. The SMILES string of the molecule is Nc1nc(/C=C/C2CCC3(CC2)OCCO3)cs1. The fourth-order valence-electron chi connectivity index (χ4n) is 2.67. The van der Waals surface area contributed by atoms with E-state index in [2.05, 4.69) is 17.1 Å². The first kappa shape index (κ1) is 12.1. The Labute approximate surface area is 111 Å². The number of nitrogens with zero attached hydrogens (tertiary/aromatic N) is 1. The Hall–Kier alpha value is -0.910. The number of hydrogen-bond donors (Lipinski definition) is 1. The van der Waals surface area contributed by atoms with E-state index in [9.17, 15) is 0 Å². The van der Waals surface area contributed by atoms with Gasteiger partial charge in [-0.25, -0.2) is 4.98 Å². The molecule has 1 aliphatic heterocycles. The summed E-state index contributed by atoms with van der Waals surface area (Å²) in [5, 5.41) is 2.62. The molecule has 1 aromatic heterocycles. The van der Waals surface area contributed by atoms with Gasteiger partial charge in [0.2, 0.25) is 0 Å². The summed E-state index contributed by atoms with van der Waals surface area (Å²) >= 11 is 1.48. The molecule has 3 rings (SSSR count). The summed E-state index contributed by atoms with van der Waals surface area (Å²) in [6, 6.07) is 0. The highest BCUT2D eigenvalue weighted by Gasteiger charge is 2.39. The molecule has 0 radical (unpaired) electrons. The van der Waals surface area contributed by atoms with Crippen molar-refractivity contribution in [3.05, 3.63) is 17.2 Å². The predicted molar refractivity (Wildman–Crippen MR) is 72.2 cm³/mol. The lowest BCUT2D eigenvalue weighted by atomic mass is 9.85. The molecule has 1 aliphatic carbocycles. The smallest absolute Gasteiger partial charge is 0.180 e. The Morgan fingerprint density at radius 1 is 1.33 bits per heavy atom. The van der Waals surface area contributed by atoms with Crippen LogP contribution in [0.5, 0.6) is 0 Å². The van der Waals surface area contributed by atoms with Gasteiger partial charge in [-0.1, -0.05) is 6.08 Å². The van der Waals surface area contributed by atoms with Gasteiger partial charge in [0, 0.05) is 18.2 Å². The summed E-state index contributed by atoms with van der Waals surface area (Å²) in [7, 11) is 0. The zero-order valence-electron chi connectivity index (χ0n) is 10.3. The maximum absolute atomic E-state index is 5.72. The van der Waals surface area contributed by atoms with Crippen molar-refractivity contribution >= 4 is 22.5 Å². The van der Waals surface area contributed by atoms with Crippen molar-refractivity contribution in [2.45, 2.75) is 31.5 Å². The number of thiazole rings is 1. The zero-order valence-corrected chi connectivity index (χ0v) is 11.1. The predicted octanol–water partition coefficient (Wildman–Crippen LogP) is 2.67. The Morgan fingerprint density at radius 3 is 2.67 bits per heavy atom. The fourth-order valence-corrected chi connectivity index (χ4v) is 3.20. The standard InChI is InChI=1S/C13H18N2O2S/c14-12-15-11(9-18-12)2-1-10-3-5-13(6-4-10)16-7-8-17-13/h1-2,9-10H,3-8H2,(H2,14,15)/b2-1+. The van der Waals surface area contributed by atoms with E-state index in [1.807, 2.05) is 5.38 Å². The van der Waals surface area contributed by atoms with Crippen LogP contribution in [0.2, 0.25) is 0 Å². The number of allylic oxidation sites excluding steroid dienone is 1. The van der Waals surface area contributed by atoms with Gasteiger partial charge >= 0.3 is 0 Å². The zero-order chi connectivity index (χ0) is 12.4. The molecule has 4 nitrogen and oxygen atoms in total. The van der Waals surface area contributed by atoms with Crippen LogP contribution in [-0.4, -0.2) is 24.0 Å². The van der Waals surface area contributed by atoms with Crippen LogP contribution in [0.1, 0.15) is 31.4 Å².